The zero-order valence-electron chi connectivity index (χ0n) is 11.6. The van der Waals surface area contributed by atoms with Crippen LogP contribution in [0.1, 0.15) is 0 Å². The van der Waals surface area contributed by atoms with Crippen LogP contribution in [0, 0.1) is 0 Å². The highest BCUT2D eigenvalue weighted by Crippen LogP contribution is 2.22. The van der Waals surface area contributed by atoms with Crippen LogP contribution in [0.5, 0.6) is 0 Å². The third-order valence-corrected chi connectivity index (χ3v) is 3.65. The first-order valence-corrected chi connectivity index (χ1v) is 7.57. The molecule has 6 nitrogen and oxygen atoms in total. The third kappa shape index (κ3) is 4.11. The molecular weight excluding hydrogens is 289 g/mol. The van der Waals surface area contributed by atoms with Gasteiger partial charge in [0.1, 0.15) is 0 Å². The molecule has 0 saturated carbocycles. The number of rotatable bonds is 4. The molecule has 21 heavy (non-hydrogen) atoms. The minimum Gasteiger partial charge on any atom is -0.378 e. The summed E-state index contributed by atoms with van der Waals surface area (Å²) < 4.78 is 30.7. The number of hydrogen-bond donors (Lipinski definition) is 1. The summed E-state index contributed by atoms with van der Waals surface area (Å²) in [6.45, 7) is 0. The molecule has 2 rings (SSSR count). The molecule has 1 N–H and O–H groups in total. The van der Waals surface area contributed by atoms with Crippen LogP contribution in [-0.4, -0.2) is 27.1 Å². The quantitative estimate of drug-likeness (QED) is 0.693. The predicted octanol–water partition coefficient (Wildman–Crippen LogP) is 3.41. The Morgan fingerprint density at radius 2 is 1.57 bits per heavy atom. The van der Waals surface area contributed by atoms with Gasteiger partial charge in [-0.1, -0.05) is 0 Å². The van der Waals surface area contributed by atoms with Crippen LogP contribution in [0.25, 0.3) is 0 Å². The van der Waals surface area contributed by atoms with E-state index in [0.717, 1.165) is 5.69 Å². The van der Waals surface area contributed by atoms with Crippen molar-refractivity contribution in [1.29, 1.82) is 0 Å². The van der Waals surface area contributed by atoms with Gasteiger partial charge in [-0.15, -0.1) is 0 Å². The zero-order valence-corrected chi connectivity index (χ0v) is 12.4. The van der Waals surface area contributed by atoms with Crippen molar-refractivity contribution < 1.29 is 13.0 Å². The van der Waals surface area contributed by atoms with E-state index >= 15 is 0 Å². The Hall–Kier alpha value is -2.25. The fraction of sp³-hybridized carbons (Fsp3) is 0.143. The summed E-state index contributed by atoms with van der Waals surface area (Å²) in [6, 6.07) is 13.0. The second-order valence-corrected chi connectivity index (χ2v) is 6.00. The van der Waals surface area contributed by atoms with Crippen molar-refractivity contribution in [3.05, 3.63) is 48.5 Å². The van der Waals surface area contributed by atoms with Crippen LogP contribution < -0.4 is 4.90 Å². The molecule has 0 heterocycles. The van der Waals surface area contributed by atoms with Gasteiger partial charge in [-0.3, -0.25) is 4.55 Å². The van der Waals surface area contributed by atoms with Gasteiger partial charge in [-0.25, -0.2) is 0 Å². The van der Waals surface area contributed by atoms with E-state index in [4.69, 9.17) is 4.55 Å². The first kappa shape index (κ1) is 15.1. The fourth-order valence-electron chi connectivity index (χ4n) is 1.62. The molecule has 0 aliphatic carbocycles. The highest BCUT2D eigenvalue weighted by atomic mass is 32.2. The molecular formula is C14H15N3O3S. The Morgan fingerprint density at radius 3 is 2.05 bits per heavy atom. The molecule has 0 aliphatic heterocycles. The lowest BCUT2D eigenvalue weighted by atomic mass is 10.2. The zero-order chi connectivity index (χ0) is 15.5. The molecule has 0 fully saturated rings. The topological polar surface area (TPSA) is 82.3 Å². The van der Waals surface area contributed by atoms with E-state index in [1.807, 2.05) is 43.3 Å². The van der Waals surface area contributed by atoms with Gasteiger partial charge < -0.3 is 4.90 Å². The average Bonchev–Trinajstić information content (AvgIpc) is 2.45. The Balaban J connectivity index is 2.14. The van der Waals surface area contributed by atoms with Crippen molar-refractivity contribution in [2.24, 2.45) is 10.2 Å². The van der Waals surface area contributed by atoms with E-state index in [1.165, 1.54) is 24.3 Å². The predicted molar refractivity (Wildman–Crippen MR) is 81.2 cm³/mol. The van der Waals surface area contributed by atoms with Gasteiger partial charge in [0.15, 0.2) is 0 Å². The maximum atomic E-state index is 10.9. The molecule has 2 aromatic carbocycles. The minimum absolute atomic E-state index is 0.170. The highest BCUT2D eigenvalue weighted by molar-refractivity contribution is 7.85. The minimum atomic E-state index is -4.18. The van der Waals surface area contributed by atoms with Crippen LogP contribution in [0.3, 0.4) is 0 Å². The smallest absolute Gasteiger partial charge is 0.294 e. The van der Waals surface area contributed by atoms with Gasteiger partial charge in [0.05, 0.1) is 16.3 Å². The van der Waals surface area contributed by atoms with E-state index < -0.39 is 10.1 Å². The van der Waals surface area contributed by atoms with Gasteiger partial charge in [0.2, 0.25) is 0 Å². The molecule has 0 saturated heterocycles. The Labute approximate surface area is 123 Å². The van der Waals surface area contributed by atoms with Crippen molar-refractivity contribution in [1.82, 2.24) is 0 Å². The van der Waals surface area contributed by atoms with E-state index in [9.17, 15) is 8.42 Å². The van der Waals surface area contributed by atoms with Crippen LogP contribution >= 0.6 is 0 Å². The first-order chi connectivity index (χ1) is 9.86. The van der Waals surface area contributed by atoms with Crippen molar-refractivity contribution in [2.75, 3.05) is 19.0 Å². The molecule has 0 unspecified atom stereocenters. The third-order valence-electron chi connectivity index (χ3n) is 2.78. The molecule has 7 heteroatoms. The number of benzene rings is 2. The lowest BCUT2D eigenvalue weighted by molar-refractivity contribution is 0.483. The standard InChI is InChI=1S/C14H15N3O3S/c1-17(2)13-7-3-11(4-8-13)15-16-12-5-9-14(10-6-12)21(18,19)20/h3-10H,1-2H3,(H,18,19,20)/i15-1. The van der Waals surface area contributed by atoms with Crippen LogP contribution in [-0.2, 0) is 10.1 Å². The van der Waals surface area contributed by atoms with Gasteiger partial charge >= 0.3 is 0 Å². The summed E-state index contributed by atoms with van der Waals surface area (Å²) in [7, 11) is -0.273. The van der Waals surface area contributed by atoms with E-state index in [-0.39, 0.29) is 4.90 Å². The molecule has 0 radical (unpaired) electrons. The summed E-state index contributed by atoms with van der Waals surface area (Å²) in [4.78, 5) is 1.81. The summed E-state index contributed by atoms with van der Waals surface area (Å²) >= 11 is 0. The average molecular weight is 304 g/mol. The van der Waals surface area contributed by atoms with Gasteiger partial charge in [-0.05, 0) is 48.5 Å². The highest BCUT2D eigenvalue weighted by Gasteiger charge is 2.07. The number of azo groups is 1. The second kappa shape index (κ2) is 6.02. The normalized spacial score (nSPS) is 11.8. The number of anilines is 1. The summed E-state index contributed by atoms with van der Waals surface area (Å²) in [5.74, 6) is 0. The number of nitrogens with zero attached hydrogens (tertiary/aromatic N) is 3. The summed E-state index contributed by atoms with van der Waals surface area (Å²) in [5.41, 5.74) is 2.25. The Bertz CT molecular complexity index is 736. The molecule has 0 spiro atoms. The second-order valence-electron chi connectivity index (χ2n) is 4.58. The molecule has 0 amide bonds. The number of hydrogen-bond acceptors (Lipinski definition) is 5. The molecule has 0 bridgehead atoms. The van der Waals surface area contributed by atoms with Gasteiger partial charge in [0, 0.05) is 19.8 Å². The van der Waals surface area contributed by atoms with Crippen molar-refractivity contribution in [2.45, 2.75) is 4.90 Å². The van der Waals surface area contributed by atoms with E-state index in [1.54, 1.807) is 0 Å². The Kier molecular flexibility index (Phi) is 4.35. The molecule has 0 aliphatic rings. The van der Waals surface area contributed by atoms with Crippen molar-refractivity contribution in [3.63, 3.8) is 0 Å². The summed E-state index contributed by atoms with van der Waals surface area (Å²) in [5, 5.41) is 8.07. The van der Waals surface area contributed by atoms with E-state index in [0.29, 0.717) is 11.4 Å². The fourth-order valence-corrected chi connectivity index (χ4v) is 2.10. The molecule has 0 atom stereocenters. The monoisotopic (exact) mass is 304 g/mol. The molecule has 0 aromatic heterocycles. The first-order valence-electron chi connectivity index (χ1n) is 6.13. The van der Waals surface area contributed by atoms with Gasteiger partial charge in [0.25, 0.3) is 10.1 Å². The van der Waals surface area contributed by atoms with Crippen molar-refractivity contribution >= 4 is 27.2 Å². The van der Waals surface area contributed by atoms with Crippen molar-refractivity contribution in [3.8, 4) is 0 Å². The SMILES string of the molecule is CN(C)c1ccc([13N]=Nc2ccc(S(=O)(=O)O)cc2)cc1. The summed E-state index contributed by atoms with van der Waals surface area (Å²) in [6.07, 6.45) is 0. The maximum Gasteiger partial charge on any atom is 0.294 e. The lowest BCUT2D eigenvalue weighted by Crippen LogP contribution is -2.07. The molecule has 2 aromatic rings. The van der Waals surface area contributed by atoms with Crippen LogP contribution in [0.15, 0.2) is 63.7 Å². The van der Waals surface area contributed by atoms with Crippen LogP contribution in [0.2, 0.25) is 0 Å². The Morgan fingerprint density at radius 1 is 1.00 bits per heavy atom. The molecule has 110 valence electrons. The largest absolute Gasteiger partial charge is 0.378 e. The van der Waals surface area contributed by atoms with E-state index in [2.05, 4.69) is 10.2 Å². The van der Waals surface area contributed by atoms with Crippen LogP contribution in [0.4, 0.5) is 17.1 Å². The lowest BCUT2D eigenvalue weighted by Gasteiger charge is -2.11. The maximum absolute atomic E-state index is 10.9. The van der Waals surface area contributed by atoms with Gasteiger partial charge in [-0.2, -0.15) is 18.6 Å².